The number of halogens is 1. The molecule has 1 aromatic rings. The smallest absolute Gasteiger partial charge is 0.230 e. The SMILES string of the molecule is Cl.O=C(Nc1ccc2c(c1)CCN2)C12CC3CC(CC(C3)C1)C2. The standard InChI is InChI=1S/C19H24N2O.ClH/c22-18(21-16-1-2-17-15(8-16)3-4-20-17)19-9-12-5-13(10-19)7-14(6-12)11-19;/h1-2,8,12-14,20H,3-7,9-11H2,(H,21,22);1H. The number of fused-ring (bicyclic) bond motifs is 1. The van der Waals surface area contributed by atoms with Gasteiger partial charge in [0, 0.05) is 17.9 Å². The van der Waals surface area contributed by atoms with Crippen molar-refractivity contribution >= 4 is 29.7 Å². The molecule has 124 valence electrons. The van der Waals surface area contributed by atoms with E-state index in [9.17, 15) is 4.79 Å². The number of anilines is 2. The molecule has 4 fully saturated rings. The van der Waals surface area contributed by atoms with E-state index in [1.165, 1.54) is 30.5 Å². The van der Waals surface area contributed by atoms with Crippen molar-refractivity contribution in [2.75, 3.05) is 17.2 Å². The molecule has 4 heteroatoms. The Morgan fingerprint density at radius 1 is 1.09 bits per heavy atom. The maximum Gasteiger partial charge on any atom is 0.230 e. The number of carbonyl (C=O) groups excluding carboxylic acids is 1. The Hall–Kier alpha value is -1.22. The van der Waals surface area contributed by atoms with Crippen molar-refractivity contribution in [1.82, 2.24) is 0 Å². The Labute approximate surface area is 144 Å². The molecule has 3 nitrogen and oxygen atoms in total. The topological polar surface area (TPSA) is 41.1 Å². The third-order valence-corrected chi connectivity index (χ3v) is 6.59. The molecule has 0 unspecified atom stereocenters. The summed E-state index contributed by atoms with van der Waals surface area (Å²) in [6.07, 6.45) is 8.63. The van der Waals surface area contributed by atoms with Gasteiger partial charge in [0.25, 0.3) is 0 Å². The van der Waals surface area contributed by atoms with Crippen LogP contribution >= 0.6 is 12.4 Å². The van der Waals surface area contributed by atoms with Gasteiger partial charge in [-0.3, -0.25) is 4.79 Å². The summed E-state index contributed by atoms with van der Waals surface area (Å²) in [5, 5.41) is 6.64. The summed E-state index contributed by atoms with van der Waals surface area (Å²) in [5.74, 6) is 2.76. The molecule has 4 aliphatic carbocycles. The van der Waals surface area contributed by atoms with E-state index >= 15 is 0 Å². The quantitative estimate of drug-likeness (QED) is 0.850. The van der Waals surface area contributed by atoms with Crippen molar-refractivity contribution in [3.63, 3.8) is 0 Å². The van der Waals surface area contributed by atoms with E-state index in [0.29, 0.717) is 5.91 Å². The number of carbonyl (C=O) groups is 1. The van der Waals surface area contributed by atoms with Crippen LogP contribution in [0.5, 0.6) is 0 Å². The van der Waals surface area contributed by atoms with E-state index in [1.54, 1.807) is 0 Å². The lowest BCUT2D eigenvalue weighted by molar-refractivity contribution is -0.140. The van der Waals surface area contributed by atoms with Gasteiger partial charge < -0.3 is 10.6 Å². The molecule has 6 rings (SSSR count). The Balaban J connectivity index is 0.00000135. The summed E-state index contributed by atoms with van der Waals surface area (Å²) in [5.41, 5.74) is 3.51. The minimum atomic E-state index is -0.0496. The fourth-order valence-electron chi connectivity index (χ4n) is 6.04. The first kappa shape index (κ1) is 15.3. The predicted octanol–water partition coefficient (Wildman–Crippen LogP) is 4.23. The molecule has 5 aliphatic rings. The van der Waals surface area contributed by atoms with Crippen LogP contribution in [0.4, 0.5) is 11.4 Å². The fourth-order valence-corrected chi connectivity index (χ4v) is 6.04. The number of benzene rings is 1. The van der Waals surface area contributed by atoms with Gasteiger partial charge >= 0.3 is 0 Å². The molecule has 0 atom stereocenters. The average Bonchev–Trinajstić information content (AvgIpc) is 2.93. The molecule has 4 bridgehead atoms. The normalized spacial score (nSPS) is 36.1. The van der Waals surface area contributed by atoms with Gasteiger partial charge in [-0.05, 0) is 86.5 Å². The minimum Gasteiger partial charge on any atom is -0.384 e. The average molecular weight is 333 g/mol. The second-order valence-corrected chi connectivity index (χ2v) is 8.20. The first-order chi connectivity index (χ1) is 10.7. The van der Waals surface area contributed by atoms with E-state index in [1.807, 2.05) is 0 Å². The number of rotatable bonds is 2. The fraction of sp³-hybridized carbons (Fsp3) is 0.632. The molecule has 0 saturated heterocycles. The minimum absolute atomic E-state index is 0. The first-order valence-electron chi connectivity index (χ1n) is 8.88. The molecule has 1 amide bonds. The van der Waals surface area contributed by atoms with Gasteiger partial charge in [-0.25, -0.2) is 0 Å². The number of amides is 1. The molecule has 1 aliphatic heterocycles. The molecular weight excluding hydrogens is 308 g/mol. The van der Waals surface area contributed by atoms with Crippen molar-refractivity contribution in [3.05, 3.63) is 23.8 Å². The van der Waals surface area contributed by atoms with Gasteiger partial charge in [0.15, 0.2) is 0 Å². The summed E-state index contributed by atoms with van der Waals surface area (Å²) in [6, 6.07) is 6.32. The second-order valence-electron chi connectivity index (χ2n) is 8.20. The second kappa shape index (κ2) is 5.41. The zero-order chi connectivity index (χ0) is 14.7. The van der Waals surface area contributed by atoms with Gasteiger partial charge in [0.2, 0.25) is 5.91 Å². The Morgan fingerprint density at radius 2 is 1.74 bits per heavy atom. The molecule has 4 saturated carbocycles. The summed E-state index contributed by atoms with van der Waals surface area (Å²) >= 11 is 0. The van der Waals surface area contributed by atoms with Crippen LogP contribution in [0.25, 0.3) is 0 Å². The highest BCUT2D eigenvalue weighted by Gasteiger charge is 2.54. The number of hydrogen-bond donors (Lipinski definition) is 2. The molecule has 0 radical (unpaired) electrons. The van der Waals surface area contributed by atoms with Gasteiger partial charge in [0.05, 0.1) is 5.41 Å². The molecular formula is C19H25ClN2O. The van der Waals surface area contributed by atoms with Crippen LogP contribution in [-0.4, -0.2) is 12.5 Å². The largest absolute Gasteiger partial charge is 0.384 e. The van der Waals surface area contributed by atoms with Crippen LogP contribution in [0.15, 0.2) is 18.2 Å². The lowest BCUT2D eigenvalue weighted by atomic mass is 9.49. The predicted molar refractivity (Wildman–Crippen MR) is 95.1 cm³/mol. The van der Waals surface area contributed by atoms with E-state index in [2.05, 4.69) is 28.8 Å². The van der Waals surface area contributed by atoms with Crippen molar-refractivity contribution in [2.24, 2.45) is 23.2 Å². The number of hydrogen-bond acceptors (Lipinski definition) is 2. The van der Waals surface area contributed by atoms with Crippen molar-refractivity contribution in [1.29, 1.82) is 0 Å². The van der Waals surface area contributed by atoms with Crippen molar-refractivity contribution < 1.29 is 4.79 Å². The third-order valence-electron chi connectivity index (χ3n) is 6.59. The Bertz CT molecular complexity index is 607. The lowest BCUT2D eigenvalue weighted by Crippen LogP contribution is -2.51. The van der Waals surface area contributed by atoms with Gasteiger partial charge in [-0.1, -0.05) is 0 Å². The van der Waals surface area contributed by atoms with Gasteiger partial charge in [-0.15, -0.1) is 12.4 Å². The maximum absolute atomic E-state index is 13.0. The monoisotopic (exact) mass is 332 g/mol. The van der Waals surface area contributed by atoms with Gasteiger partial charge in [0.1, 0.15) is 0 Å². The summed E-state index contributed by atoms with van der Waals surface area (Å²) in [4.78, 5) is 13.0. The molecule has 2 N–H and O–H groups in total. The van der Waals surface area contributed by atoms with E-state index in [-0.39, 0.29) is 17.8 Å². The zero-order valence-electron chi connectivity index (χ0n) is 13.4. The highest BCUT2D eigenvalue weighted by Crippen LogP contribution is 2.60. The molecule has 1 heterocycles. The highest BCUT2D eigenvalue weighted by molar-refractivity contribution is 5.96. The molecule has 1 aromatic carbocycles. The van der Waals surface area contributed by atoms with Gasteiger partial charge in [-0.2, -0.15) is 0 Å². The Morgan fingerprint density at radius 3 is 2.39 bits per heavy atom. The van der Waals surface area contributed by atoms with Crippen LogP contribution in [0.3, 0.4) is 0 Å². The Kier molecular flexibility index (Phi) is 3.60. The lowest BCUT2D eigenvalue weighted by Gasteiger charge is -2.55. The van der Waals surface area contributed by atoms with E-state index < -0.39 is 0 Å². The molecule has 23 heavy (non-hydrogen) atoms. The molecule has 0 aromatic heterocycles. The zero-order valence-corrected chi connectivity index (χ0v) is 14.3. The van der Waals surface area contributed by atoms with Crippen molar-refractivity contribution in [2.45, 2.75) is 44.9 Å². The summed E-state index contributed by atoms with van der Waals surface area (Å²) in [7, 11) is 0. The third kappa shape index (κ3) is 2.44. The maximum atomic E-state index is 13.0. The van der Waals surface area contributed by atoms with E-state index in [0.717, 1.165) is 55.7 Å². The van der Waals surface area contributed by atoms with Crippen LogP contribution in [0, 0.1) is 23.2 Å². The number of nitrogens with one attached hydrogen (secondary N) is 2. The van der Waals surface area contributed by atoms with Crippen LogP contribution in [-0.2, 0) is 11.2 Å². The summed E-state index contributed by atoms with van der Waals surface area (Å²) < 4.78 is 0. The van der Waals surface area contributed by atoms with Crippen molar-refractivity contribution in [3.8, 4) is 0 Å². The first-order valence-corrected chi connectivity index (χ1v) is 8.88. The van der Waals surface area contributed by atoms with E-state index in [4.69, 9.17) is 0 Å². The molecule has 0 spiro atoms. The highest BCUT2D eigenvalue weighted by atomic mass is 35.5. The summed E-state index contributed by atoms with van der Waals surface area (Å²) in [6.45, 7) is 1.02. The van der Waals surface area contributed by atoms with Crippen LogP contribution in [0.2, 0.25) is 0 Å². The van der Waals surface area contributed by atoms with Crippen LogP contribution < -0.4 is 10.6 Å². The van der Waals surface area contributed by atoms with Crippen LogP contribution in [0.1, 0.15) is 44.1 Å².